The van der Waals surface area contributed by atoms with Gasteiger partial charge in [0, 0.05) is 59.4 Å². The van der Waals surface area contributed by atoms with Crippen molar-refractivity contribution >= 4 is 108 Å². The van der Waals surface area contributed by atoms with Gasteiger partial charge in [-0.15, -0.1) is 11.3 Å². The summed E-state index contributed by atoms with van der Waals surface area (Å²) in [6, 6.07) is 66.7. The highest BCUT2D eigenvalue weighted by atomic mass is 32.1. The highest BCUT2D eigenvalue weighted by Crippen LogP contribution is 2.56. The molecule has 1 aliphatic carbocycles. The fourth-order valence-corrected chi connectivity index (χ4v) is 14.0. The van der Waals surface area contributed by atoms with Crippen molar-refractivity contribution in [3.8, 4) is 29.2 Å². The zero-order valence-corrected chi connectivity index (χ0v) is 39.8. The molecule has 0 fully saturated rings. The largest absolute Gasteiger partial charge is 0.331 e. The number of benzene rings is 9. The number of aromatic nitrogens is 3. The fraction of sp³-hybridized carbons (Fsp3) is 0.0938. The molecule has 4 aromatic heterocycles. The maximum Gasteiger partial charge on any atom is 0.104 e. The SMILES string of the molecule is Cc1cc2c3ccc4c5ccccc5sc4c3n(-c3c(-n4c5ccccc5c5ccccc54)c(C#N)c(N4c5ccccc5C5CCC=CC54)c(C#N)c3-n3c4ccccc4c4ccccc43)c2cc1C. The van der Waals surface area contributed by atoms with Gasteiger partial charge in [-0.2, -0.15) is 10.5 Å². The van der Waals surface area contributed by atoms with E-state index in [0.717, 1.165) is 111 Å². The van der Waals surface area contributed by atoms with Crippen LogP contribution in [0.4, 0.5) is 11.4 Å². The van der Waals surface area contributed by atoms with Crippen molar-refractivity contribution in [3.05, 3.63) is 210 Å². The van der Waals surface area contributed by atoms with Crippen molar-refractivity contribution in [1.29, 1.82) is 10.5 Å². The van der Waals surface area contributed by atoms with Crippen molar-refractivity contribution in [3.63, 3.8) is 0 Å². The maximum atomic E-state index is 12.5. The van der Waals surface area contributed by atoms with Gasteiger partial charge >= 0.3 is 0 Å². The lowest BCUT2D eigenvalue weighted by molar-refractivity contribution is 0.572. The minimum absolute atomic E-state index is 0.111. The summed E-state index contributed by atoms with van der Waals surface area (Å²) in [5.74, 6) is 0.187. The summed E-state index contributed by atoms with van der Waals surface area (Å²) < 4.78 is 9.51. The topological polar surface area (TPSA) is 65.6 Å². The van der Waals surface area contributed by atoms with Crippen LogP contribution in [0.5, 0.6) is 0 Å². The summed E-state index contributed by atoms with van der Waals surface area (Å²) in [4.78, 5) is 2.36. The molecular formula is C64H42N6S. The maximum absolute atomic E-state index is 12.5. The number of rotatable bonds is 4. The van der Waals surface area contributed by atoms with Gasteiger partial charge in [-0.05, 0) is 91.9 Å². The average Bonchev–Trinajstić information content (AvgIpc) is 4.21. The standard InChI is InChI=1S/C64H42N6S/c1-37-33-48-46-31-32-47-45-23-9-16-30-58(45)71-64(47)62(46)70(57(48)34-38(37)2)63-60(68-53-26-12-5-19-41(53)42-20-6-13-27-54(42)68)49(35-65)59(67-51-24-10-3-17-39(51)40-18-4-11-25-52(40)67)50(36-66)61(63)69-55-28-14-7-21-43(55)44-22-8-15-29-56(44)69/h3,5-17,19-34,40,52H,4,18H2,1-2H3. The third-order valence-electron chi connectivity index (χ3n) is 15.9. The highest BCUT2D eigenvalue weighted by molar-refractivity contribution is 7.26. The van der Waals surface area contributed by atoms with Gasteiger partial charge in [-0.25, -0.2) is 0 Å². The summed E-state index contributed by atoms with van der Waals surface area (Å²) in [6.07, 6.45) is 6.55. The van der Waals surface area contributed by atoms with Gasteiger partial charge in [0.15, 0.2) is 0 Å². The summed E-state index contributed by atoms with van der Waals surface area (Å²) in [5, 5.41) is 34.0. The molecule has 7 heteroatoms. The number of hydrogen-bond donors (Lipinski definition) is 0. The molecular weight excluding hydrogens is 885 g/mol. The Morgan fingerprint density at radius 2 is 1.00 bits per heavy atom. The smallest absolute Gasteiger partial charge is 0.104 e. The first-order valence-corrected chi connectivity index (χ1v) is 25.3. The minimum Gasteiger partial charge on any atom is -0.331 e. The van der Waals surface area contributed by atoms with Crippen LogP contribution < -0.4 is 4.90 Å². The summed E-state index contributed by atoms with van der Waals surface area (Å²) in [7, 11) is 0. The lowest BCUT2D eigenvalue weighted by Gasteiger charge is -2.34. The van der Waals surface area contributed by atoms with Gasteiger partial charge < -0.3 is 18.6 Å². The molecule has 0 N–H and O–H groups in total. The number of anilines is 2. The number of hydrogen-bond acceptors (Lipinski definition) is 4. The van der Waals surface area contributed by atoms with Crippen molar-refractivity contribution < 1.29 is 0 Å². The predicted octanol–water partition coefficient (Wildman–Crippen LogP) is 16.7. The molecule has 2 aliphatic rings. The van der Waals surface area contributed by atoms with Crippen LogP contribution in [0.15, 0.2) is 182 Å². The summed E-state index contributed by atoms with van der Waals surface area (Å²) >= 11 is 1.81. The van der Waals surface area contributed by atoms with E-state index >= 15 is 0 Å². The third kappa shape index (κ3) is 5.28. The number of para-hydroxylation sites is 5. The highest BCUT2D eigenvalue weighted by Gasteiger charge is 2.43. The van der Waals surface area contributed by atoms with Crippen LogP contribution in [0, 0.1) is 36.5 Å². The summed E-state index contributed by atoms with van der Waals surface area (Å²) in [6.45, 7) is 4.39. The zero-order valence-electron chi connectivity index (χ0n) is 39.0. The van der Waals surface area contributed by atoms with Gasteiger partial charge in [0.1, 0.15) is 23.3 Å². The lowest BCUT2D eigenvalue weighted by Crippen LogP contribution is -2.32. The first-order valence-electron chi connectivity index (χ1n) is 24.5. The third-order valence-corrected chi connectivity index (χ3v) is 17.1. The van der Waals surface area contributed by atoms with Crippen LogP contribution in [-0.4, -0.2) is 19.7 Å². The molecule has 15 rings (SSSR count). The van der Waals surface area contributed by atoms with Crippen LogP contribution in [0.1, 0.15) is 46.6 Å². The van der Waals surface area contributed by atoms with Gasteiger partial charge in [-0.3, -0.25) is 0 Å². The van der Waals surface area contributed by atoms with E-state index in [1.807, 2.05) is 11.3 Å². The Kier molecular flexibility index (Phi) is 8.36. The Morgan fingerprint density at radius 1 is 0.479 bits per heavy atom. The first kappa shape index (κ1) is 40.0. The molecule has 0 bridgehead atoms. The zero-order chi connectivity index (χ0) is 47.2. The predicted molar refractivity (Wildman–Crippen MR) is 295 cm³/mol. The average molecular weight is 927 g/mol. The molecule has 13 aromatic rings. The Bertz CT molecular complexity index is 4360. The molecule has 0 spiro atoms. The molecule has 0 saturated carbocycles. The normalized spacial score (nSPS) is 15.5. The lowest BCUT2D eigenvalue weighted by atomic mass is 9.86. The molecule has 6 nitrogen and oxygen atoms in total. The number of allylic oxidation sites excluding steroid dienone is 1. The second kappa shape index (κ2) is 14.8. The van der Waals surface area contributed by atoms with Crippen molar-refractivity contribution in [2.24, 2.45) is 0 Å². The molecule has 2 atom stereocenters. The second-order valence-corrected chi connectivity index (χ2v) is 20.4. The second-order valence-electron chi connectivity index (χ2n) is 19.4. The van der Waals surface area contributed by atoms with Crippen LogP contribution in [0.2, 0.25) is 0 Å². The van der Waals surface area contributed by atoms with E-state index in [9.17, 15) is 10.5 Å². The van der Waals surface area contributed by atoms with E-state index in [1.165, 1.54) is 26.6 Å². The number of nitriles is 2. The van der Waals surface area contributed by atoms with Crippen LogP contribution in [-0.2, 0) is 0 Å². The molecule has 0 saturated heterocycles. The van der Waals surface area contributed by atoms with E-state index in [2.05, 4.69) is 227 Å². The molecule has 1 aliphatic heterocycles. The molecule has 334 valence electrons. The molecule has 9 aromatic carbocycles. The van der Waals surface area contributed by atoms with Gasteiger partial charge in [0.05, 0.1) is 66.6 Å². The van der Waals surface area contributed by atoms with E-state index in [4.69, 9.17) is 0 Å². The van der Waals surface area contributed by atoms with E-state index in [0.29, 0.717) is 16.8 Å². The number of nitrogens with zero attached hydrogens (tertiary/aromatic N) is 6. The van der Waals surface area contributed by atoms with Crippen molar-refractivity contribution in [2.75, 3.05) is 4.90 Å². The first-order chi connectivity index (χ1) is 35.0. The van der Waals surface area contributed by atoms with E-state index in [1.54, 1.807) is 0 Å². The quantitative estimate of drug-likeness (QED) is 0.165. The van der Waals surface area contributed by atoms with Gasteiger partial charge in [-0.1, -0.05) is 133 Å². The van der Waals surface area contributed by atoms with Crippen LogP contribution >= 0.6 is 11.3 Å². The van der Waals surface area contributed by atoms with Crippen molar-refractivity contribution in [2.45, 2.75) is 38.6 Å². The molecule has 71 heavy (non-hydrogen) atoms. The molecule has 5 heterocycles. The van der Waals surface area contributed by atoms with Crippen molar-refractivity contribution in [1.82, 2.24) is 13.7 Å². The van der Waals surface area contributed by atoms with Gasteiger partial charge in [0.25, 0.3) is 0 Å². The van der Waals surface area contributed by atoms with Crippen LogP contribution in [0.3, 0.4) is 0 Å². The van der Waals surface area contributed by atoms with E-state index < -0.39 is 0 Å². The molecule has 0 radical (unpaired) electrons. The molecule has 0 amide bonds. The fourth-order valence-electron chi connectivity index (χ4n) is 12.8. The Hall–Kier alpha value is -8.88. The summed E-state index contributed by atoms with van der Waals surface area (Å²) in [5.41, 5.74) is 14.4. The number of thiophene rings is 1. The Balaban J connectivity index is 1.28. The van der Waals surface area contributed by atoms with Crippen LogP contribution in [0.25, 0.3) is 103 Å². The van der Waals surface area contributed by atoms with Gasteiger partial charge in [0.2, 0.25) is 0 Å². The Morgan fingerprint density at radius 3 is 1.61 bits per heavy atom. The number of fused-ring (bicyclic) bond motifs is 16. The minimum atomic E-state index is -0.111. The Labute approximate surface area is 413 Å². The van der Waals surface area contributed by atoms with E-state index in [-0.39, 0.29) is 12.0 Å². The molecule has 2 unspecified atom stereocenters. The number of aryl methyl sites for hydroxylation is 2. The monoisotopic (exact) mass is 926 g/mol.